The maximum absolute atomic E-state index is 13.2. The molecule has 0 amide bonds. The van der Waals surface area contributed by atoms with Gasteiger partial charge in [0, 0.05) is 7.11 Å². The van der Waals surface area contributed by atoms with Gasteiger partial charge in [0.2, 0.25) is 0 Å². The van der Waals surface area contributed by atoms with Gasteiger partial charge in [0.1, 0.15) is 6.07 Å². The highest BCUT2D eigenvalue weighted by molar-refractivity contribution is 5.28. The zero-order valence-electron chi connectivity index (χ0n) is 12.7. The van der Waals surface area contributed by atoms with Crippen molar-refractivity contribution >= 4 is 0 Å². The van der Waals surface area contributed by atoms with Gasteiger partial charge < -0.3 is 4.74 Å². The van der Waals surface area contributed by atoms with E-state index in [1.807, 2.05) is 0 Å². The first kappa shape index (κ1) is 17.5. The number of hydrogen-bond donors (Lipinski definition) is 0. The molecule has 1 saturated carbocycles. The Morgan fingerprint density at radius 2 is 1.83 bits per heavy atom. The summed E-state index contributed by atoms with van der Waals surface area (Å²) < 4.78 is 56.4. The van der Waals surface area contributed by atoms with Crippen LogP contribution in [0.4, 0.5) is 17.6 Å². The molecular weight excluding hydrogens is 310 g/mol. The summed E-state index contributed by atoms with van der Waals surface area (Å²) in [4.78, 5) is 0. The molecule has 1 aliphatic rings. The van der Waals surface area contributed by atoms with Crippen molar-refractivity contribution in [1.82, 2.24) is 0 Å². The van der Waals surface area contributed by atoms with Crippen LogP contribution in [0.15, 0.2) is 36.2 Å². The fourth-order valence-corrected chi connectivity index (χ4v) is 3.05. The lowest BCUT2D eigenvalue weighted by Gasteiger charge is -2.37. The average molecular weight is 327 g/mol. The van der Waals surface area contributed by atoms with Crippen molar-refractivity contribution in [2.75, 3.05) is 7.11 Å². The molecule has 1 aromatic carbocycles. The van der Waals surface area contributed by atoms with Gasteiger partial charge in [0.25, 0.3) is 0 Å². The summed E-state index contributed by atoms with van der Waals surface area (Å²) >= 11 is 0. The fraction of sp³-hybridized carbons (Fsp3) is 0.471. The minimum absolute atomic E-state index is 0.110. The van der Waals surface area contributed by atoms with Crippen molar-refractivity contribution in [3.8, 4) is 6.07 Å². The Bertz CT molecular complexity index is 605. The summed E-state index contributed by atoms with van der Waals surface area (Å²) in [6.45, 7) is 0. The topological polar surface area (TPSA) is 33.0 Å². The molecule has 1 fully saturated rings. The number of benzene rings is 1. The van der Waals surface area contributed by atoms with Crippen molar-refractivity contribution in [3.05, 3.63) is 47.3 Å². The van der Waals surface area contributed by atoms with Crippen molar-refractivity contribution in [3.63, 3.8) is 0 Å². The van der Waals surface area contributed by atoms with E-state index in [2.05, 4.69) is 0 Å². The van der Waals surface area contributed by atoms with Crippen LogP contribution in [0, 0.1) is 11.3 Å². The number of methoxy groups -OCH3 is 1. The van der Waals surface area contributed by atoms with Gasteiger partial charge in [0.05, 0.1) is 11.2 Å². The van der Waals surface area contributed by atoms with Crippen LogP contribution in [0.5, 0.6) is 0 Å². The van der Waals surface area contributed by atoms with E-state index in [1.54, 1.807) is 0 Å². The number of alkyl halides is 3. The number of hydrogen-bond acceptors (Lipinski definition) is 2. The molecule has 23 heavy (non-hydrogen) atoms. The van der Waals surface area contributed by atoms with Crippen LogP contribution in [0.2, 0.25) is 0 Å². The lowest BCUT2D eigenvalue weighted by molar-refractivity contribution is -0.137. The van der Waals surface area contributed by atoms with Crippen molar-refractivity contribution in [2.24, 2.45) is 0 Å². The number of nitrogens with zero attached hydrogens (tertiary/aromatic N) is 1. The number of rotatable bonds is 3. The maximum Gasteiger partial charge on any atom is 0.416 e. The summed E-state index contributed by atoms with van der Waals surface area (Å²) in [7, 11) is 1.47. The third-order valence-electron chi connectivity index (χ3n) is 4.44. The molecular formula is C17H17F4NO. The average Bonchev–Trinajstić information content (AvgIpc) is 2.54. The number of nitriles is 1. The predicted octanol–water partition coefficient (Wildman–Crippen LogP) is 5.13. The Morgan fingerprint density at radius 1 is 1.26 bits per heavy atom. The van der Waals surface area contributed by atoms with E-state index < -0.39 is 23.2 Å². The van der Waals surface area contributed by atoms with Gasteiger partial charge in [-0.05, 0) is 55.4 Å². The lowest BCUT2D eigenvalue weighted by Crippen LogP contribution is -2.34. The van der Waals surface area contributed by atoms with Crippen LogP contribution in [-0.2, 0) is 10.9 Å². The quantitative estimate of drug-likeness (QED) is 0.570. The van der Waals surface area contributed by atoms with E-state index in [9.17, 15) is 17.6 Å². The Hall–Kier alpha value is -1.87. The molecule has 0 aromatic heterocycles. The van der Waals surface area contributed by atoms with E-state index in [1.165, 1.54) is 31.4 Å². The summed E-state index contributed by atoms with van der Waals surface area (Å²) in [5.74, 6) is -0.765. The first-order valence-electron chi connectivity index (χ1n) is 7.30. The SMILES string of the molecule is CO[C@]1(C=C(F)C#N)CC[C@H](c2ccc(C(F)(F)F)cc2)CC1. The molecule has 1 aromatic rings. The van der Waals surface area contributed by atoms with E-state index in [4.69, 9.17) is 10.00 Å². The van der Waals surface area contributed by atoms with Gasteiger partial charge in [0.15, 0.2) is 5.83 Å². The standard InChI is InChI=1S/C17H17F4NO/c1-23-16(10-15(18)11-22)8-6-13(7-9-16)12-2-4-14(5-3-12)17(19,20)21/h2-5,10,13H,6-9H2,1H3/t13-,16+. The molecule has 0 atom stereocenters. The molecule has 0 N–H and O–H groups in total. The van der Waals surface area contributed by atoms with Crippen molar-refractivity contribution < 1.29 is 22.3 Å². The van der Waals surface area contributed by atoms with Crippen molar-refractivity contribution in [2.45, 2.75) is 43.4 Å². The third-order valence-corrected chi connectivity index (χ3v) is 4.44. The molecule has 0 spiro atoms. The summed E-state index contributed by atoms with van der Waals surface area (Å²) in [5.41, 5.74) is -0.628. The molecule has 0 unspecified atom stereocenters. The van der Waals surface area contributed by atoms with Crippen LogP contribution in [0.25, 0.3) is 0 Å². The van der Waals surface area contributed by atoms with E-state index in [0.717, 1.165) is 17.7 Å². The predicted molar refractivity (Wildman–Crippen MR) is 77.2 cm³/mol. The minimum atomic E-state index is -4.34. The molecule has 0 aliphatic heterocycles. The first-order chi connectivity index (χ1) is 10.8. The summed E-state index contributed by atoms with van der Waals surface area (Å²) in [5, 5.41) is 8.56. The van der Waals surface area contributed by atoms with Crippen LogP contribution < -0.4 is 0 Å². The third kappa shape index (κ3) is 4.11. The van der Waals surface area contributed by atoms with Gasteiger partial charge in [-0.1, -0.05) is 12.1 Å². The number of ether oxygens (including phenoxy) is 1. The van der Waals surface area contributed by atoms with Crippen LogP contribution in [0.1, 0.15) is 42.7 Å². The molecule has 6 heteroatoms. The van der Waals surface area contributed by atoms with Crippen LogP contribution >= 0.6 is 0 Å². The Labute approximate surface area is 132 Å². The van der Waals surface area contributed by atoms with E-state index in [-0.39, 0.29) is 5.92 Å². The molecule has 0 saturated heterocycles. The molecule has 1 aliphatic carbocycles. The van der Waals surface area contributed by atoms with E-state index >= 15 is 0 Å². The Kier molecular flexibility index (Phi) is 5.10. The zero-order valence-corrected chi connectivity index (χ0v) is 12.7. The molecule has 0 heterocycles. The minimum Gasteiger partial charge on any atom is -0.374 e. The highest BCUT2D eigenvalue weighted by Crippen LogP contribution is 2.41. The van der Waals surface area contributed by atoms with Gasteiger partial charge in [-0.15, -0.1) is 0 Å². The monoisotopic (exact) mass is 327 g/mol. The zero-order chi connectivity index (χ0) is 17.1. The lowest BCUT2D eigenvalue weighted by atomic mass is 9.75. The highest BCUT2D eigenvalue weighted by atomic mass is 19.4. The second-order valence-corrected chi connectivity index (χ2v) is 5.77. The smallest absolute Gasteiger partial charge is 0.374 e. The maximum atomic E-state index is 13.2. The highest BCUT2D eigenvalue weighted by Gasteiger charge is 2.35. The van der Waals surface area contributed by atoms with Crippen LogP contribution in [0.3, 0.4) is 0 Å². The van der Waals surface area contributed by atoms with Crippen LogP contribution in [-0.4, -0.2) is 12.7 Å². The molecule has 2 nitrogen and oxygen atoms in total. The number of halogens is 4. The molecule has 0 bridgehead atoms. The Morgan fingerprint density at radius 3 is 2.26 bits per heavy atom. The van der Waals surface area contributed by atoms with E-state index in [0.29, 0.717) is 25.7 Å². The van der Waals surface area contributed by atoms with Gasteiger partial charge in [-0.3, -0.25) is 0 Å². The molecule has 124 valence electrons. The summed E-state index contributed by atoms with van der Waals surface area (Å²) in [6.07, 6.45) is -0.775. The van der Waals surface area contributed by atoms with Gasteiger partial charge >= 0.3 is 6.18 Å². The first-order valence-corrected chi connectivity index (χ1v) is 7.30. The second kappa shape index (κ2) is 6.71. The van der Waals surface area contributed by atoms with Gasteiger partial charge in [-0.2, -0.15) is 22.8 Å². The van der Waals surface area contributed by atoms with Gasteiger partial charge in [-0.25, -0.2) is 0 Å². The second-order valence-electron chi connectivity index (χ2n) is 5.77. The summed E-state index contributed by atoms with van der Waals surface area (Å²) in [6, 6.07) is 6.61. The normalized spacial score (nSPS) is 25.9. The molecule has 2 rings (SSSR count). The van der Waals surface area contributed by atoms with Crippen molar-refractivity contribution in [1.29, 1.82) is 5.26 Å². The molecule has 0 radical (unpaired) electrons. The largest absolute Gasteiger partial charge is 0.416 e. The fourth-order valence-electron chi connectivity index (χ4n) is 3.05. The Balaban J connectivity index is 2.08. The number of allylic oxidation sites excluding steroid dienone is 1.